The number of nitrogens with zero attached hydrogens (tertiary/aromatic N) is 3. The third-order valence-electron chi connectivity index (χ3n) is 6.55. The lowest BCUT2D eigenvalue weighted by Crippen LogP contribution is -2.43. The first-order chi connectivity index (χ1) is 18.5. The number of anilines is 2. The van der Waals surface area contributed by atoms with Crippen LogP contribution in [0.2, 0.25) is 0 Å². The first-order valence-corrected chi connectivity index (χ1v) is 12.5. The Morgan fingerprint density at radius 1 is 1.00 bits per heavy atom. The maximum atomic E-state index is 13.0. The third kappa shape index (κ3) is 5.49. The zero-order chi connectivity index (χ0) is 26.5. The van der Waals surface area contributed by atoms with Crippen molar-refractivity contribution in [3.05, 3.63) is 102 Å². The number of ether oxygens (including phenoxy) is 1. The van der Waals surface area contributed by atoms with Crippen molar-refractivity contribution >= 4 is 41.1 Å². The second-order valence-corrected chi connectivity index (χ2v) is 9.20. The summed E-state index contributed by atoms with van der Waals surface area (Å²) in [4.78, 5) is 40.1. The molecule has 2 aliphatic rings. The summed E-state index contributed by atoms with van der Waals surface area (Å²) >= 11 is 0. The van der Waals surface area contributed by atoms with Crippen LogP contribution in [0.25, 0.3) is 6.08 Å². The van der Waals surface area contributed by atoms with Crippen LogP contribution in [0.3, 0.4) is 0 Å². The van der Waals surface area contributed by atoms with Gasteiger partial charge in [0.1, 0.15) is 12.6 Å². The SMILES string of the molecule is CC1=NN(c2ccccc2)C(=O)C1=Cc1ccc(NC(=O)C2CCCN2C(=O)OCc2ccccc2)cc1. The lowest BCUT2D eigenvalue weighted by atomic mass is 10.1. The van der Waals surface area contributed by atoms with Gasteiger partial charge in [-0.3, -0.25) is 14.5 Å². The van der Waals surface area contributed by atoms with Gasteiger partial charge in [-0.2, -0.15) is 10.1 Å². The number of likely N-dealkylation sites (tertiary alicyclic amines) is 1. The molecule has 38 heavy (non-hydrogen) atoms. The van der Waals surface area contributed by atoms with Crippen LogP contribution in [0.15, 0.2) is 95.6 Å². The highest BCUT2D eigenvalue weighted by molar-refractivity contribution is 6.32. The van der Waals surface area contributed by atoms with Crippen molar-refractivity contribution in [1.29, 1.82) is 0 Å². The van der Waals surface area contributed by atoms with Gasteiger partial charge in [-0.1, -0.05) is 60.7 Å². The minimum atomic E-state index is -0.584. The molecular formula is C30H28N4O4. The van der Waals surface area contributed by atoms with Gasteiger partial charge >= 0.3 is 6.09 Å². The molecule has 0 saturated carbocycles. The van der Waals surface area contributed by atoms with Gasteiger partial charge < -0.3 is 10.1 Å². The molecule has 8 heteroatoms. The lowest BCUT2D eigenvalue weighted by molar-refractivity contribution is -0.120. The van der Waals surface area contributed by atoms with Crippen molar-refractivity contribution in [2.45, 2.75) is 32.4 Å². The number of rotatable bonds is 6. The van der Waals surface area contributed by atoms with E-state index in [4.69, 9.17) is 4.74 Å². The van der Waals surface area contributed by atoms with E-state index in [0.717, 1.165) is 17.5 Å². The van der Waals surface area contributed by atoms with Crippen LogP contribution in [0.4, 0.5) is 16.2 Å². The fourth-order valence-corrected chi connectivity index (χ4v) is 4.54. The Labute approximate surface area is 221 Å². The number of hydrazone groups is 1. The van der Waals surface area contributed by atoms with Gasteiger partial charge in [0.2, 0.25) is 5.91 Å². The van der Waals surface area contributed by atoms with Crippen molar-refractivity contribution < 1.29 is 19.1 Å². The molecule has 2 heterocycles. The maximum absolute atomic E-state index is 13.0. The van der Waals surface area contributed by atoms with Crippen molar-refractivity contribution in [3.8, 4) is 0 Å². The van der Waals surface area contributed by atoms with Crippen LogP contribution in [0, 0.1) is 0 Å². The number of nitrogens with one attached hydrogen (secondary N) is 1. The summed E-state index contributed by atoms with van der Waals surface area (Å²) < 4.78 is 5.43. The molecular weight excluding hydrogens is 480 g/mol. The van der Waals surface area contributed by atoms with E-state index >= 15 is 0 Å². The Balaban J connectivity index is 1.20. The minimum Gasteiger partial charge on any atom is -0.445 e. The topological polar surface area (TPSA) is 91.3 Å². The molecule has 3 aromatic carbocycles. The molecule has 2 aliphatic heterocycles. The highest BCUT2D eigenvalue weighted by Crippen LogP contribution is 2.25. The molecule has 0 aliphatic carbocycles. The summed E-state index contributed by atoms with van der Waals surface area (Å²) in [5, 5.41) is 8.70. The van der Waals surface area contributed by atoms with Gasteiger partial charge in [0.15, 0.2) is 0 Å². The van der Waals surface area contributed by atoms with E-state index in [9.17, 15) is 14.4 Å². The summed E-state index contributed by atoms with van der Waals surface area (Å²) in [5.41, 5.74) is 4.17. The molecule has 1 saturated heterocycles. The van der Waals surface area contributed by atoms with Crippen molar-refractivity contribution in [3.63, 3.8) is 0 Å². The maximum Gasteiger partial charge on any atom is 0.410 e. The molecule has 192 valence electrons. The summed E-state index contributed by atoms with van der Waals surface area (Å²) in [6, 6.07) is 25.4. The summed E-state index contributed by atoms with van der Waals surface area (Å²) in [6.45, 7) is 2.45. The molecule has 1 fully saturated rings. The fraction of sp³-hybridized carbons (Fsp3) is 0.200. The Kier molecular flexibility index (Phi) is 7.31. The highest BCUT2D eigenvalue weighted by atomic mass is 16.6. The number of carbonyl (C=O) groups excluding carboxylic acids is 3. The van der Waals surface area contributed by atoms with Crippen molar-refractivity contribution in [2.75, 3.05) is 16.9 Å². The van der Waals surface area contributed by atoms with Crippen LogP contribution in [-0.2, 0) is 20.9 Å². The average molecular weight is 509 g/mol. The molecule has 8 nitrogen and oxygen atoms in total. The number of hydrogen-bond donors (Lipinski definition) is 1. The minimum absolute atomic E-state index is 0.164. The number of para-hydroxylation sites is 1. The third-order valence-corrected chi connectivity index (χ3v) is 6.55. The van der Waals surface area contributed by atoms with E-state index in [1.54, 1.807) is 25.1 Å². The first kappa shape index (κ1) is 25.0. The van der Waals surface area contributed by atoms with Gasteiger partial charge in [-0.15, -0.1) is 0 Å². The van der Waals surface area contributed by atoms with Gasteiger partial charge in [-0.25, -0.2) is 4.79 Å². The van der Waals surface area contributed by atoms with Gasteiger partial charge in [-0.05, 0) is 61.2 Å². The number of hydrogen-bond acceptors (Lipinski definition) is 5. The zero-order valence-electron chi connectivity index (χ0n) is 21.0. The van der Waals surface area contributed by atoms with E-state index in [1.807, 2.05) is 72.8 Å². The van der Waals surface area contributed by atoms with Crippen LogP contribution in [-0.4, -0.2) is 41.1 Å². The standard InChI is InChI=1S/C30H28N4O4/c1-21-26(29(36)34(32-21)25-11-6-3-7-12-25)19-22-14-16-24(17-15-22)31-28(35)27-13-8-18-33(27)30(37)38-20-23-9-4-2-5-10-23/h2-7,9-12,14-17,19,27H,8,13,18,20H2,1H3,(H,31,35). The Morgan fingerprint density at radius 2 is 1.68 bits per heavy atom. The molecule has 3 aromatic rings. The van der Waals surface area contributed by atoms with Crippen LogP contribution in [0.5, 0.6) is 0 Å². The second kappa shape index (κ2) is 11.1. The van der Waals surface area contributed by atoms with Crippen molar-refractivity contribution in [1.82, 2.24) is 4.90 Å². The normalized spacial score (nSPS) is 18.0. The number of amides is 3. The predicted molar refractivity (Wildman–Crippen MR) is 146 cm³/mol. The van der Waals surface area contributed by atoms with Gasteiger partial charge in [0.25, 0.3) is 5.91 Å². The Hall–Kier alpha value is -4.72. The molecule has 0 radical (unpaired) electrons. The fourth-order valence-electron chi connectivity index (χ4n) is 4.54. The van der Waals surface area contributed by atoms with Crippen LogP contribution >= 0.6 is 0 Å². The lowest BCUT2D eigenvalue weighted by Gasteiger charge is -2.23. The molecule has 1 unspecified atom stereocenters. The number of benzene rings is 3. The second-order valence-electron chi connectivity index (χ2n) is 9.20. The monoisotopic (exact) mass is 508 g/mol. The average Bonchev–Trinajstić information content (AvgIpc) is 3.55. The molecule has 1 atom stereocenters. The predicted octanol–water partition coefficient (Wildman–Crippen LogP) is 5.23. The first-order valence-electron chi connectivity index (χ1n) is 12.5. The van der Waals surface area contributed by atoms with E-state index in [-0.39, 0.29) is 18.4 Å². The van der Waals surface area contributed by atoms with E-state index in [2.05, 4.69) is 10.4 Å². The Bertz CT molecular complexity index is 1380. The zero-order valence-corrected chi connectivity index (χ0v) is 21.0. The summed E-state index contributed by atoms with van der Waals surface area (Å²) in [5.74, 6) is -0.440. The Morgan fingerprint density at radius 3 is 2.39 bits per heavy atom. The molecule has 0 bridgehead atoms. The highest BCUT2D eigenvalue weighted by Gasteiger charge is 2.35. The summed E-state index contributed by atoms with van der Waals surface area (Å²) in [7, 11) is 0. The van der Waals surface area contributed by atoms with Gasteiger partial charge in [0.05, 0.1) is 17.0 Å². The molecule has 1 N–H and O–H groups in total. The smallest absolute Gasteiger partial charge is 0.410 e. The van der Waals surface area contributed by atoms with Crippen molar-refractivity contribution in [2.24, 2.45) is 5.10 Å². The molecule has 5 rings (SSSR count). The van der Waals surface area contributed by atoms with E-state index in [1.165, 1.54) is 9.91 Å². The molecule has 0 spiro atoms. The summed E-state index contributed by atoms with van der Waals surface area (Å²) in [6.07, 6.45) is 2.61. The molecule has 0 aromatic heterocycles. The van der Waals surface area contributed by atoms with Crippen LogP contribution in [0.1, 0.15) is 30.9 Å². The van der Waals surface area contributed by atoms with E-state index in [0.29, 0.717) is 35.6 Å². The number of carbonyl (C=O) groups is 3. The largest absolute Gasteiger partial charge is 0.445 e. The van der Waals surface area contributed by atoms with Crippen LogP contribution < -0.4 is 10.3 Å². The van der Waals surface area contributed by atoms with E-state index < -0.39 is 12.1 Å². The quantitative estimate of drug-likeness (QED) is 0.462. The molecule has 3 amide bonds. The van der Waals surface area contributed by atoms with Gasteiger partial charge in [0, 0.05) is 12.2 Å².